The van der Waals surface area contributed by atoms with Gasteiger partial charge in [0, 0.05) is 27.4 Å². The van der Waals surface area contributed by atoms with Gasteiger partial charge in [-0.25, -0.2) is 4.98 Å². The van der Waals surface area contributed by atoms with E-state index in [0.29, 0.717) is 59.9 Å². The fourth-order valence-corrected chi connectivity index (χ4v) is 4.68. The number of nitrogens with one attached hydrogen (secondary N) is 2. The molecular weight excluding hydrogens is 588 g/mol. The first-order valence-corrected chi connectivity index (χ1v) is 12.9. The number of carbonyl (C=O) groups is 1. The molecule has 0 spiro atoms. The van der Waals surface area contributed by atoms with Crippen LogP contribution in [0, 0.1) is 0 Å². The molecule has 2 aromatic heterocycles. The van der Waals surface area contributed by atoms with Crippen molar-refractivity contribution in [2.45, 2.75) is 0 Å². The maximum Gasteiger partial charge on any atom is 0.250 e. The number of hydrogen-bond donors (Lipinski definition) is 2. The Hall–Kier alpha value is -3.33. The minimum atomic E-state index is -0.438. The molecule has 5 aromatic rings. The molecule has 0 saturated carbocycles. The van der Waals surface area contributed by atoms with E-state index in [1.807, 2.05) is 0 Å². The maximum atomic E-state index is 12.4. The Morgan fingerprint density at radius 3 is 2.50 bits per heavy atom. The summed E-state index contributed by atoms with van der Waals surface area (Å²) < 4.78 is 11.6. The highest BCUT2D eigenvalue weighted by molar-refractivity contribution is 7.80. The Morgan fingerprint density at radius 1 is 0.921 bits per heavy atom. The van der Waals surface area contributed by atoms with Crippen molar-refractivity contribution >= 4 is 92.5 Å². The minimum Gasteiger partial charge on any atom is -0.457 e. The number of oxazole rings is 1. The molecule has 0 atom stereocenters. The predicted octanol–water partition coefficient (Wildman–Crippen LogP) is 8.89. The summed E-state index contributed by atoms with van der Waals surface area (Å²) >= 11 is 29.8. The second-order valence-electron chi connectivity index (χ2n) is 7.94. The average molecular weight is 603 g/mol. The molecule has 11 heteroatoms. The molecule has 2 N–H and O–H groups in total. The van der Waals surface area contributed by atoms with Gasteiger partial charge in [-0.15, -0.1) is 0 Å². The Morgan fingerprint density at radius 2 is 1.71 bits per heavy atom. The zero-order valence-corrected chi connectivity index (χ0v) is 22.9. The van der Waals surface area contributed by atoms with E-state index in [2.05, 4.69) is 15.6 Å². The summed E-state index contributed by atoms with van der Waals surface area (Å²) in [6, 6.07) is 19.0. The van der Waals surface area contributed by atoms with Crippen molar-refractivity contribution in [1.82, 2.24) is 10.3 Å². The van der Waals surface area contributed by atoms with Crippen molar-refractivity contribution in [3.63, 3.8) is 0 Å². The normalized spacial score (nSPS) is 11.3. The zero-order chi connectivity index (χ0) is 26.8. The fourth-order valence-electron chi connectivity index (χ4n) is 3.56. The number of thiocarbonyl (C=S) groups is 1. The van der Waals surface area contributed by atoms with Gasteiger partial charge in [-0.05, 0) is 79.0 Å². The van der Waals surface area contributed by atoms with E-state index >= 15 is 0 Å². The molecule has 0 aliphatic carbocycles. The van der Waals surface area contributed by atoms with Gasteiger partial charge in [-0.1, -0.05) is 52.5 Å². The summed E-state index contributed by atoms with van der Waals surface area (Å²) in [5.74, 6) is 0.935. The van der Waals surface area contributed by atoms with Crippen LogP contribution in [-0.2, 0) is 4.79 Å². The molecule has 0 aliphatic rings. The number of amides is 1. The van der Waals surface area contributed by atoms with Crippen LogP contribution in [0.25, 0.3) is 40.0 Å². The molecule has 6 nitrogen and oxygen atoms in total. The van der Waals surface area contributed by atoms with Crippen LogP contribution in [0.4, 0.5) is 5.69 Å². The summed E-state index contributed by atoms with van der Waals surface area (Å²) in [4.78, 5) is 16.9. The van der Waals surface area contributed by atoms with Crippen molar-refractivity contribution in [3.8, 4) is 22.8 Å². The standard InChI is InChI=1S/C27H15Cl4N3O3S/c28-15-10-14(11-16(29)12-15)22-8-5-18(36-22)6-9-24(35)34-27(38)32-17-4-7-23-21(13-17)33-26(37-23)19-2-1-3-20(30)25(19)31/h1-13H,(H2,32,34,35,38)/b9-6+. The third-order valence-electron chi connectivity index (χ3n) is 5.24. The number of fused-ring (bicyclic) bond motifs is 1. The molecule has 0 saturated heterocycles. The predicted molar refractivity (Wildman–Crippen MR) is 157 cm³/mol. The SMILES string of the molecule is O=C(/C=C/c1ccc(-c2cc(Cl)cc(Cl)c2)o1)NC(=S)Nc1ccc2oc(-c3cccc(Cl)c3Cl)nc2c1. The minimum absolute atomic E-state index is 0.106. The van der Waals surface area contributed by atoms with Gasteiger partial charge in [0.05, 0.1) is 15.6 Å². The van der Waals surface area contributed by atoms with Gasteiger partial charge < -0.3 is 14.2 Å². The summed E-state index contributed by atoms with van der Waals surface area (Å²) in [7, 11) is 0. The van der Waals surface area contributed by atoms with Crippen molar-refractivity contribution in [2.75, 3.05) is 5.32 Å². The first-order chi connectivity index (χ1) is 18.2. The second kappa shape index (κ2) is 11.2. The van der Waals surface area contributed by atoms with Crippen LogP contribution in [0.5, 0.6) is 0 Å². The lowest BCUT2D eigenvalue weighted by molar-refractivity contribution is -0.115. The largest absolute Gasteiger partial charge is 0.457 e. The number of nitrogens with zero attached hydrogens (tertiary/aromatic N) is 1. The van der Waals surface area contributed by atoms with Gasteiger partial charge in [0.1, 0.15) is 17.0 Å². The van der Waals surface area contributed by atoms with Crippen LogP contribution in [0.3, 0.4) is 0 Å². The number of halogens is 4. The molecule has 0 fully saturated rings. The van der Waals surface area contributed by atoms with Gasteiger partial charge >= 0.3 is 0 Å². The average Bonchev–Trinajstić information content (AvgIpc) is 3.51. The monoisotopic (exact) mass is 601 g/mol. The Balaban J connectivity index is 1.22. The lowest BCUT2D eigenvalue weighted by Gasteiger charge is -2.07. The van der Waals surface area contributed by atoms with Crippen LogP contribution in [0.1, 0.15) is 5.76 Å². The van der Waals surface area contributed by atoms with Gasteiger partial charge in [-0.2, -0.15) is 0 Å². The molecule has 0 bridgehead atoms. The Labute approximate surface area is 242 Å². The highest BCUT2D eigenvalue weighted by Crippen LogP contribution is 2.35. The number of rotatable bonds is 5. The first kappa shape index (κ1) is 26.3. The van der Waals surface area contributed by atoms with E-state index in [-0.39, 0.29) is 5.11 Å². The molecular formula is C27H15Cl4N3O3S. The van der Waals surface area contributed by atoms with Gasteiger partial charge in [0.25, 0.3) is 0 Å². The maximum absolute atomic E-state index is 12.4. The summed E-state index contributed by atoms with van der Waals surface area (Å²) in [6.45, 7) is 0. The van der Waals surface area contributed by atoms with E-state index in [0.717, 1.165) is 5.56 Å². The number of aromatic nitrogens is 1. The van der Waals surface area contributed by atoms with Gasteiger partial charge in [0.2, 0.25) is 11.8 Å². The third kappa shape index (κ3) is 6.04. The van der Waals surface area contributed by atoms with Crippen LogP contribution in [0.2, 0.25) is 20.1 Å². The molecule has 38 heavy (non-hydrogen) atoms. The molecule has 190 valence electrons. The molecule has 2 heterocycles. The quantitative estimate of drug-likeness (QED) is 0.154. The zero-order valence-electron chi connectivity index (χ0n) is 19.1. The Bertz CT molecular complexity index is 1710. The van der Waals surface area contributed by atoms with Crippen molar-refractivity contribution < 1.29 is 13.6 Å². The smallest absolute Gasteiger partial charge is 0.250 e. The lowest BCUT2D eigenvalue weighted by atomic mass is 10.2. The van der Waals surface area contributed by atoms with E-state index in [1.165, 1.54) is 12.2 Å². The number of anilines is 1. The van der Waals surface area contributed by atoms with Crippen molar-refractivity contribution in [1.29, 1.82) is 0 Å². The molecule has 5 rings (SSSR count). The van der Waals surface area contributed by atoms with E-state index in [1.54, 1.807) is 66.7 Å². The molecule has 0 radical (unpaired) electrons. The highest BCUT2D eigenvalue weighted by atomic mass is 35.5. The second-order valence-corrected chi connectivity index (χ2v) is 10.0. The van der Waals surface area contributed by atoms with Crippen LogP contribution in [-0.4, -0.2) is 16.0 Å². The van der Waals surface area contributed by atoms with Crippen LogP contribution >= 0.6 is 58.6 Å². The summed E-state index contributed by atoms with van der Waals surface area (Å²) in [5, 5.41) is 7.40. The van der Waals surface area contributed by atoms with E-state index in [9.17, 15) is 4.79 Å². The topological polar surface area (TPSA) is 80.3 Å². The van der Waals surface area contributed by atoms with Gasteiger partial charge in [0.15, 0.2) is 10.7 Å². The van der Waals surface area contributed by atoms with Crippen LogP contribution in [0.15, 0.2) is 81.6 Å². The Kier molecular flexibility index (Phi) is 7.74. The number of benzene rings is 3. The third-order valence-corrected chi connectivity index (χ3v) is 6.70. The molecule has 0 aliphatic heterocycles. The summed E-state index contributed by atoms with van der Waals surface area (Å²) in [5.41, 5.74) is 3.05. The fraction of sp³-hybridized carbons (Fsp3) is 0. The summed E-state index contributed by atoms with van der Waals surface area (Å²) in [6.07, 6.45) is 2.83. The van der Waals surface area contributed by atoms with Gasteiger partial charge in [-0.3, -0.25) is 10.1 Å². The van der Waals surface area contributed by atoms with E-state index < -0.39 is 5.91 Å². The molecule has 1 amide bonds. The van der Waals surface area contributed by atoms with Crippen molar-refractivity contribution in [2.24, 2.45) is 0 Å². The lowest BCUT2D eigenvalue weighted by Crippen LogP contribution is -2.32. The number of carbonyl (C=O) groups excluding carboxylic acids is 1. The first-order valence-electron chi connectivity index (χ1n) is 11.0. The van der Waals surface area contributed by atoms with Crippen LogP contribution < -0.4 is 10.6 Å². The molecule has 0 unspecified atom stereocenters. The number of hydrogen-bond acceptors (Lipinski definition) is 5. The molecule has 3 aromatic carbocycles. The van der Waals surface area contributed by atoms with E-state index in [4.69, 9.17) is 67.5 Å². The van der Waals surface area contributed by atoms with Crippen molar-refractivity contribution in [3.05, 3.63) is 98.7 Å². The highest BCUT2D eigenvalue weighted by Gasteiger charge is 2.14. The number of furan rings is 1.